The Balaban J connectivity index is 1.44. The first-order valence-electron chi connectivity index (χ1n) is 10.3. The van der Waals surface area contributed by atoms with E-state index in [4.69, 9.17) is 11.6 Å². The third-order valence-electron chi connectivity index (χ3n) is 5.23. The first-order valence-corrected chi connectivity index (χ1v) is 10.6. The molecule has 4 aromatic rings. The fourth-order valence-corrected chi connectivity index (χ4v) is 3.48. The number of pyridine rings is 1. The number of nitrogens with one attached hydrogen (secondary N) is 2. The lowest BCUT2D eigenvalue weighted by Crippen LogP contribution is -2.26. The van der Waals surface area contributed by atoms with Gasteiger partial charge in [0.05, 0.1) is 23.2 Å². The maximum absolute atomic E-state index is 12.9. The minimum absolute atomic E-state index is 0.156. The van der Waals surface area contributed by atoms with Crippen molar-refractivity contribution in [1.29, 1.82) is 0 Å². The number of aryl methyl sites for hydroxylation is 1. The summed E-state index contributed by atoms with van der Waals surface area (Å²) in [5.74, 6) is 1.14. The maximum atomic E-state index is 12.9. The average Bonchev–Trinajstić information content (AvgIpc) is 3.40. The van der Waals surface area contributed by atoms with E-state index in [2.05, 4.69) is 44.4 Å². The summed E-state index contributed by atoms with van der Waals surface area (Å²) in [6.07, 6.45) is 3.19. The van der Waals surface area contributed by atoms with E-state index < -0.39 is 0 Å². The van der Waals surface area contributed by atoms with Crippen molar-refractivity contribution in [2.45, 2.75) is 39.7 Å². The zero-order valence-electron chi connectivity index (χ0n) is 17.7. The van der Waals surface area contributed by atoms with Crippen LogP contribution in [0, 0.1) is 6.92 Å². The molecule has 0 radical (unpaired) electrons. The Bertz CT molecular complexity index is 1210. The van der Waals surface area contributed by atoms with Crippen LogP contribution in [0.1, 0.15) is 48.2 Å². The highest BCUT2D eigenvalue weighted by Gasteiger charge is 2.17. The molecule has 9 heteroatoms. The molecule has 0 aliphatic rings. The first-order chi connectivity index (χ1) is 15.0. The molecule has 8 nitrogen and oxygen atoms in total. The van der Waals surface area contributed by atoms with E-state index in [1.807, 2.05) is 23.7 Å². The smallest absolute Gasteiger partial charge is 0.252 e. The van der Waals surface area contributed by atoms with E-state index in [1.54, 1.807) is 24.4 Å². The van der Waals surface area contributed by atoms with Gasteiger partial charge in [0.25, 0.3) is 5.91 Å². The number of rotatable bonds is 7. The molecule has 1 aromatic carbocycles. The van der Waals surface area contributed by atoms with Gasteiger partial charge in [-0.05, 0) is 50.6 Å². The van der Waals surface area contributed by atoms with Gasteiger partial charge in [0.1, 0.15) is 5.82 Å². The summed E-state index contributed by atoms with van der Waals surface area (Å²) < 4.78 is 1.88. The number of hydrogen-bond donors (Lipinski definition) is 2. The van der Waals surface area contributed by atoms with E-state index >= 15 is 0 Å². The van der Waals surface area contributed by atoms with E-state index in [-0.39, 0.29) is 11.9 Å². The summed E-state index contributed by atoms with van der Waals surface area (Å²) >= 11 is 5.93. The van der Waals surface area contributed by atoms with Gasteiger partial charge < -0.3 is 5.32 Å². The Hall–Kier alpha value is -3.26. The molecule has 160 valence electrons. The van der Waals surface area contributed by atoms with Crippen molar-refractivity contribution in [3.8, 4) is 11.4 Å². The molecule has 1 amide bonds. The standard InChI is InChI=1S/C22H24ClN7O/c1-4-14(3)30-21-18(12-25-30)17(11-13(2)26-21)22(31)24-10-9-19-27-20(29-28-19)15-5-7-16(23)8-6-15/h5-8,11-12,14H,4,9-10H2,1-3H3,(H,24,31)(H,27,28,29)/t14-/m0/s1. The number of benzene rings is 1. The summed E-state index contributed by atoms with van der Waals surface area (Å²) in [7, 11) is 0. The Morgan fingerprint density at radius 2 is 2.03 bits per heavy atom. The van der Waals surface area contributed by atoms with Crippen LogP contribution in [0.2, 0.25) is 5.02 Å². The SMILES string of the molecule is CC[C@H](C)n1ncc2c(C(=O)NCCc3nc(-c4ccc(Cl)cc4)n[nH]3)cc(C)nc21. The van der Waals surface area contributed by atoms with Crippen LogP contribution >= 0.6 is 11.6 Å². The van der Waals surface area contributed by atoms with Gasteiger partial charge >= 0.3 is 0 Å². The molecule has 0 unspecified atom stereocenters. The molecular formula is C22H24ClN7O. The summed E-state index contributed by atoms with van der Waals surface area (Å²) in [5, 5.41) is 16.0. The molecule has 2 N–H and O–H groups in total. The zero-order chi connectivity index (χ0) is 22.0. The number of amides is 1. The number of carbonyl (C=O) groups is 1. The molecule has 0 saturated heterocycles. The Kier molecular flexibility index (Phi) is 5.99. The number of nitrogens with zero attached hydrogens (tertiary/aromatic N) is 5. The van der Waals surface area contributed by atoms with Gasteiger partial charge in [-0.15, -0.1) is 0 Å². The molecule has 0 bridgehead atoms. The monoisotopic (exact) mass is 437 g/mol. The highest BCUT2D eigenvalue weighted by atomic mass is 35.5. The van der Waals surface area contributed by atoms with E-state index in [0.29, 0.717) is 35.2 Å². The fourth-order valence-electron chi connectivity index (χ4n) is 3.35. The van der Waals surface area contributed by atoms with E-state index in [1.165, 1.54) is 0 Å². The lowest BCUT2D eigenvalue weighted by Gasteiger charge is -2.11. The number of halogens is 1. The van der Waals surface area contributed by atoms with Gasteiger partial charge in [0, 0.05) is 29.2 Å². The molecule has 0 fully saturated rings. The van der Waals surface area contributed by atoms with Gasteiger partial charge in [-0.1, -0.05) is 18.5 Å². The highest BCUT2D eigenvalue weighted by molar-refractivity contribution is 6.30. The third kappa shape index (κ3) is 4.44. The second kappa shape index (κ2) is 8.85. The predicted octanol–water partition coefficient (Wildman–Crippen LogP) is 4.12. The molecular weight excluding hydrogens is 414 g/mol. The predicted molar refractivity (Wildman–Crippen MR) is 120 cm³/mol. The van der Waals surface area contributed by atoms with Gasteiger partial charge in [0.2, 0.25) is 0 Å². The molecule has 0 aliphatic carbocycles. The molecule has 3 aromatic heterocycles. The Labute approximate surface area is 185 Å². The largest absolute Gasteiger partial charge is 0.352 e. The van der Waals surface area contributed by atoms with Gasteiger partial charge in [-0.2, -0.15) is 10.2 Å². The van der Waals surface area contributed by atoms with Crippen LogP contribution in [-0.4, -0.2) is 42.4 Å². The quantitative estimate of drug-likeness (QED) is 0.452. The molecule has 31 heavy (non-hydrogen) atoms. The van der Waals surface area contributed by atoms with E-state index in [0.717, 1.165) is 28.7 Å². The van der Waals surface area contributed by atoms with Crippen molar-refractivity contribution in [3.05, 3.63) is 58.6 Å². The van der Waals surface area contributed by atoms with Crippen LogP contribution in [0.15, 0.2) is 36.5 Å². The van der Waals surface area contributed by atoms with Crippen molar-refractivity contribution in [2.75, 3.05) is 6.54 Å². The number of aromatic amines is 1. The Morgan fingerprint density at radius 3 is 2.77 bits per heavy atom. The number of aromatic nitrogens is 6. The molecule has 0 aliphatic heterocycles. The van der Waals surface area contributed by atoms with Crippen LogP contribution < -0.4 is 5.32 Å². The van der Waals surface area contributed by atoms with Gasteiger partial charge in [0.15, 0.2) is 11.5 Å². The fraction of sp³-hybridized carbons (Fsp3) is 0.318. The minimum Gasteiger partial charge on any atom is -0.352 e. The average molecular weight is 438 g/mol. The van der Waals surface area contributed by atoms with E-state index in [9.17, 15) is 4.79 Å². The second-order valence-corrected chi connectivity index (χ2v) is 7.95. The van der Waals surface area contributed by atoms with Crippen molar-refractivity contribution >= 4 is 28.5 Å². The molecule has 4 rings (SSSR count). The van der Waals surface area contributed by atoms with Crippen molar-refractivity contribution in [3.63, 3.8) is 0 Å². The number of H-pyrrole nitrogens is 1. The number of carbonyl (C=O) groups excluding carboxylic acids is 1. The van der Waals surface area contributed by atoms with Crippen molar-refractivity contribution in [1.82, 2.24) is 35.3 Å². The minimum atomic E-state index is -0.156. The molecule has 0 saturated carbocycles. The first kappa shape index (κ1) is 21.0. The lowest BCUT2D eigenvalue weighted by atomic mass is 10.1. The maximum Gasteiger partial charge on any atom is 0.252 e. The van der Waals surface area contributed by atoms with Crippen LogP contribution in [0.3, 0.4) is 0 Å². The van der Waals surface area contributed by atoms with Crippen molar-refractivity contribution in [2.24, 2.45) is 0 Å². The summed E-state index contributed by atoms with van der Waals surface area (Å²) in [6.45, 7) is 6.50. The molecule has 0 spiro atoms. The summed E-state index contributed by atoms with van der Waals surface area (Å²) in [6, 6.07) is 9.35. The normalized spacial score (nSPS) is 12.3. The molecule has 1 atom stereocenters. The van der Waals surface area contributed by atoms with Crippen LogP contribution in [0.25, 0.3) is 22.4 Å². The third-order valence-corrected chi connectivity index (χ3v) is 5.48. The second-order valence-electron chi connectivity index (χ2n) is 7.51. The molecule has 3 heterocycles. The number of hydrogen-bond acceptors (Lipinski definition) is 5. The van der Waals surface area contributed by atoms with Gasteiger partial charge in [-0.25, -0.2) is 14.6 Å². The van der Waals surface area contributed by atoms with Crippen LogP contribution in [0.4, 0.5) is 0 Å². The zero-order valence-corrected chi connectivity index (χ0v) is 18.4. The van der Waals surface area contributed by atoms with Crippen LogP contribution in [-0.2, 0) is 6.42 Å². The summed E-state index contributed by atoms with van der Waals surface area (Å²) in [5.41, 5.74) is 2.98. The van der Waals surface area contributed by atoms with Crippen LogP contribution in [0.5, 0.6) is 0 Å². The van der Waals surface area contributed by atoms with Gasteiger partial charge in [-0.3, -0.25) is 9.89 Å². The Morgan fingerprint density at radius 1 is 1.26 bits per heavy atom. The lowest BCUT2D eigenvalue weighted by molar-refractivity contribution is 0.0955. The summed E-state index contributed by atoms with van der Waals surface area (Å²) in [4.78, 5) is 22.0. The topological polar surface area (TPSA) is 101 Å². The highest BCUT2D eigenvalue weighted by Crippen LogP contribution is 2.22. The van der Waals surface area contributed by atoms with Crippen molar-refractivity contribution < 1.29 is 4.79 Å². The number of fused-ring (bicyclic) bond motifs is 1.